The largest absolute Gasteiger partial charge is 0.390 e. The molecular formula is C15H20ClFO. The van der Waals surface area contributed by atoms with Gasteiger partial charge in [0.15, 0.2) is 0 Å². The van der Waals surface area contributed by atoms with E-state index in [1.54, 1.807) is 18.2 Å². The first-order chi connectivity index (χ1) is 8.54. The van der Waals surface area contributed by atoms with Gasteiger partial charge in [0.1, 0.15) is 5.82 Å². The highest BCUT2D eigenvalue weighted by molar-refractivity contribution is 6.30. The summed E-state index contributed by atoms with van der Waals surface area (Å²) < 4.78 is 13.9. The van der Waals surface area contributed by atoms with Crippen LogP contribution in [0.5, 0.6) is 0 Å². The van der Waals surface area contributed by atoms with Crippen LogP contribution < -0.4 is 0 Å². The quantitative estimate of drug-likeness (QED) is 0.866. The Bertz CT molecular complexity index is 421. The summed E-state index contributed by atoms with van der Waals surface area (Å²) >= 11 is 5.78. The minimum Gasteiger partial charge on any atom is -0.390 e. The van der Waals surface area contributed by atoms with E-state index in [2.05, 4.69) is 6.92 Å². The summed E-state index contributed by atoms with van der Waals surface area (Å²) in [5.74, 6) is 0.178. The lowest BCUT2D eigenvalue weighted by Gasteiger charge is -2.36. The molecule has 1 fully saturated rings. The summed E-state index contributed by atoms with van der Waals surface area (Å²) in [5.41, 5.74) is -0.230. The molecule has 0 bridgehead atoms. The molecule has 0 radical (unpaired) electrons. The van der Waals surface area contributed by atoms with Crippen LogP contribution in [0.1, 0.15) is 44.6 Å². The maximum absolute atomic E-state index is 13.9. The van der Waals surface area contributed by atoms with Crippen molar-refractivity contribution in [1.29, 1.82) is 0 Å². The van der Waals surface area contributed by atoms with Crippen molar-refractivity contribution in [2.45, 2.75) is 51.0 Å². The molecule has 2 unspecified atom stereocenters. The number of rotatable bonds is 3. The summed E-state index contributed by atoms with van der Waals surface area (Å²) in [4.78, 5) is 0. The Morgan fingerprint density at radius 1 is 1.50 bits per heavy atom. The summed E-state index contributed by atoms with van der Waals surface area (Å²) in [6, 6.07) is 5.00. The normalized spacial score (nSPS) is 28.3. The Morgan fingerprint density at radius 2 is 2.28 bits per heavy atom. The highest BCUT2D eigenvalue weighted by Crippen LogP contribution is 2.37. The molecular weight excluding hydrogens is 251 g/mol. The predicted molar refractivity (Wildman–Crippen MR) is 72.3 cm³/mol. The van der Waals surface area contributed by atoms with Crippen molar-refractivity contribution in [2.24, 2.45) is 5.92 Å². The van der Waals surface area contributed by atoms with Gasteiger partial charge in [-0.3, -0.25) is 0 Å². The minimum absolute atomic E-state index is 0.138. The monoisotopic (exact) mass is 270 g/mol. The lowest BCUT2D eigenvalue weighted by atomic mass is 9.74. The van der Waals surface area contributed by atoms with E-state index in [1.165, 1.54) is 6.42 Å². The standard InChI is InChI=1S/C15H20ClFO/c1-2-11-5-4-8-15(18,9-11)10-12-6-3-7-13(16)14(12)17/h3,6-7,11,18H,2,4-5,8-10H2,1H3. The Labute approximate surface area is 113 Å². The van der Waals surface area contributed by atoms with E-state index in [0.29, 0.717) is 17.9 Å². The second kappa shape index (κ2) is 5.58. The Kier molecular flexibility index (Phi) is 4.29. The van der Waals surface area contributed by atoms with Crippen LogP contribution >= 0.6 is 11.6 Å². The van der Waals surface area contributed by atoms with Gasteiger partial charge in [0, 0.05) is 6.42 Å². The lowest BCUT2D eigenvalue weighted by molar-refractivity contribution is -0.0168. The number of hydrogen-bond donors (Lipinski definition) is 1. The Balaban J connectivity index is 2.14. The molecule has 2 atom stereocenters. The van der Waals surface area contributed by atoms with E-state index in [9.17, 15) is 9.50 Å². The fourth-order valence-corrected chi connectivity index (χ4v) is 3.20. The first-order valence-corrected chi connectivity index (χ1v) is 7.07. The molecule has 2 rings (SSSR count). The van der Waals surface area contributed by atoms with Crippen molar-refractivity contribution >= 4 is 11.6 Å². The van der Waals surface area contributed by atoms with Crippen LogP contribution in [0.25, 0.3) is 0 Å². The summed E-state index contributed by atoms with van der Waals surface area (Å²) in [6.45, 7) is 2.15. The molecule has 1 nitrogen and oxygen atoms in total. The van der Waals surface area contributed by atoms with Crippen LogP contribution in [0.3, 0.4) is 0 Å². The topological polar surface area (TPSA) is 20.2 Å². The summed E-state index contributed by atoms with van der Waals surface area (Å²) in [6.07, 6.45) is 5.19. The van der Waals surface area contributed by atoms with Crippen molar-refractivity contribution in [3.63, 3.8) is 0 Å². The SMILES string of the molecule is CCC1CCCC(O)(Cc2cccc(Cl)c2F)C1. The average Bonchev–Trinajstić information content (AvgIpc) is 2.35. The molecule has 1 aliphatic carbocycles. The second-order valence-corrected chi connectivity index (χ2v) is 5.89. The number of benzene rings is 1. The Morgan fingerprint density at radius 3 is 3.00 bits per heavy atom. The van der Waals surface area contributed by atoms with E-state index >= 15 is 0 Å². The number of hydrogen-bond acceptors (Lipinski definition) is 1. The third-order valence-electron chi connectivity index (χ3n) is 4.05. The third kappa shape index (κ3) is 3.04. The smallest absolute Gasteiger partial charge is 0.145 e. The zero-order valence-corrected chi connectivity index (χ0v) is 11.5. The first-order valence-electron chi connectivity index (χ1n) is 6.69. The molecule has 0 aromatic heterocycles. The molecule has 0 spiro atoms. The summed E-state index contributed by atoms with van der Waals surface area (Å²) in [5, 5.41) is 10.8. The molecule has 0 saturated heterocycles. The van der Waals surface area contributed by atoms with Gasteiger partial charge in [-0.25, -0.2) is 4.39 Å². The zero-order valence-electron chi connectivity index (χ0n) is 10.8. The molecule has 100 valence electrons. The van der Waals surface area contributed by atoms with Gasteiger partial charge in [0.25, 0.3) is 0 Å². The van der Waals surface area contributed by atoms with Gasteiger partial charge in [-0.15, -0.1) is 0 Å². The van der Waals surface area contributed by atoms with Crippen molar-refractivity contribution < 1.29 is 9.50 Å². The Hall–Kier alpha value is -0.600. The first kappa shape index (κ1) is 13.8. The van der Waals surface area contributed by atoms with E-state index in [-0.39, 0.29) is 10.8 Å². The summed E-state index contributed by atoms with van der Waals surface area (Å²) in [7, 11) is 0. The van der Waals surface area contributed by atoms with Gasteiger partial charge >= 0.3 is 0 Å². The molecule has 1 aromatic rings. The molecule has 0 aliphatic heterocycles. The highest BCUT2D eigenvalue weighted by atomic mass is 35.5. The van der Waals surface area contributed by atoms with E-state index in [4.69, 9.17) is 11.6 Å². The van der Waals surface area contributed by atoms with Crippen molar-refractivity contribution in [1.82, 2.24) is 0 Å². The lowest BCUT2D eigenvalue weighted by Crippen LogP contribution is -2.37. The molecule has 0 amide bonds. The molecule has 1 N–H and O–H groups in total. The van der Waals surface area contributed by atoms with E-state index in [1.807, 2.05) is 0 Å². The van der Waals surface area contributed by atoms with Gasteiger partial charge < -0.3 is 5.11 Å². The zero-order chi connectivity index (χ0) is 13.2. The van der Waals surface area contributed by atoms with Crippen molar-refractivity contribution in [3.8, 4) is 0 Å². The van der Waals surface area contributed by atoms with Crippen LogP contribution in [0.2, 0.25) is 5.02 Å². The van der Waals surface area contributed by atoms with Gasteiger partial charge in [-0.05, 0) is 30.4 Å². The molecule has 0 heterocycles. The molecule has 18 heavy (non-hydrogen) atoms. The predicted octanol–water partition coefficient (Wildman–Crippen LogP) is 4.35. The molecule has 1 aliphatic rings. The molecule has 1 saturated carbocycles. The maximum atomic E-state index is 13.9. The number of aliphatic hydroxyl groups is 1. The average molecular weight is 271 g/mol. The molecule has 1 aromatic carbocycles. The number of halogens is 2. The van der Waals surface area contributed by atoms with Crippen LogP contribution in [-0.2, 0) is 6.42 Å². The fraction of sp³-hybridized carbons (Fsp3) is 0.600. The third-order valence-corrected chi connectivity index (χ3v) is 4.34. The van der Waals surface area contributed by atoms with E-state index < -0.39 is 5.60 Å². The van der Waals surface area contributed by atoms with Gasteiger partial charge in [0.2, 0.25) is 0 Å². The van der Waals surface area contributed by atoms with Crippen LogP contribution in [-0.4, -0.2) is 10.7 Å². The van der Waals surface area contributed by atoms with Gasteiger partial charge in [-0.1, -0.05) is 49.9 Å². The second-order valence-electron chi connectivity index (χ2n) is 5.48. The van der Waals surface area contributed by atoms with Crippen LogP contribution in [0.15, 0.2) is 18.2 Å². The van der Waals surface area contributed by atoms with E-state index in [0.717, 1.165) is 25.7 Å². The van der Waals surface area contributed by atoms with Gasteiger partial charge in [-0.2, -0.15) is 0 Å². The van der Waals surface area contributed by atoms with Crippen molar-refractivity contribution in [2.75, 3.05) is 0 Å². The van der Waals surface area contributed by atoms with Gasteiger partial charge in [0.05, 0.1) is 10.6 Å². The highest BCUT2D eigenvalue weighted by Gasteiger charge is 2.34. The van der Waals surface area contributed by atoms with Crippen molar-refractivity contribution in [3.05, 3.63) is 34.6 Å². The molecule has 3 heteroatoms. The van der Waals surface area contributed by atoms with Crippen LogP contribution in [0.4, 0.5) is 4.39 Å². The minimum atomic E-state index is -0.759. The fourth-order valence-electron chi connectivity index (χ4n) is 3.01. The van der Waals surface area contributed by atoms with Crippen LogP contribution in [0, 0.1) is 11.7 Å². The maximum Gasteiger partial charge on any atom is 0.145 e.